The van der Waals surface area contributed by atoms with Crippen molar-refractivity contribution in [1.29, 1.82) is 5.26 Å². The van der Waals surface area contributed by atoms with Gasteiger partial charge in [0.1, 0.15) is 0 Å². The van der Waals surface area contributed by atoms with Crippen molar-refractivity contribution < 1.29 is 8.42 Å². The van der Waals surface area contributed by atoms with Gasteiger partial charge in [-0.05, 0) is 42.1 Å². The number of sulfonamides is 1. The van der Waals surface area contributed by atoms with Crippen LogP contribution in [-0.4, -0.2) is 23.6 Å². The van der Waals surface area contributed by atoms with Gasteiger partial charge < -0.3 is 0 Å². The number of anilines is 1. The molecule has 2 aromatic heterocycles. The van der Waals surface area contributed by atoms with Gasteiger partial charge in [0.15, 0.2) is 5.03 Å². The van der Waals surface area contributed by atoms with E-state index in [0.29, 0.717) is 22.5 Å². The molecule has 0 fully saturated rings. The van der Waals surface area contributed by atoms with E-state index in [0.717, 1.165) is 16.3 Å². The first-order valence-electron chi connectivity index (χ1n) is 8.69. The van der Waals surface area contributed by atoms with E-state index in [2.05, 4.69) is 26.0 Å². The molecule has 2 aromatic carbocycles. The first-order chi connectivity index (χ1) is 14.0. The van der Waals surface area contributed by atoms with Crippen LogP contribution in [-0.2, 0) is 10.0 Å². The molecule has 0 saturated carbocycles. The monoisotopic (exact) mass is 401 g/mol. The molecule has 0 aliphatic heterocycles. The number of rotatable bonds is 4. The molecule has 0 atom stereocenters. The van der Waals surface area contributed by atoms with E-state index in [1.807, 2.05) is 24.3 Å². The Morgan fingerprint density at radius 3 is 2.45 bits per heavy atom. The minimum Gasteiger partial charge on any atom is -0.278 e. The van der Waals surface area contributed by atoms with Crippen molar-refractivity contribution in [2.45, 2.75) is 11.9 Å². The minimum atomic E-state index is -3.93. The zero-order valence-electron chi connectivity index (χ0n) is 15.4. The maximum absolute atomic E-state index is 12.8. The van der Waals surface area contributed by atoms with Gasteiger partial charge in [-0.2, -0.15) is 18.8 Å². The normalized spacial score (nSPS) is 11.2. The van der Waals surface area contributed by atoms with Crippen LogP contribution in [0.4, 0.5) is 5.69 Å². The predicted octanol–water partition coefficient (Wildman–Crippen LogP) is 3.67. The molecule has 8 heteroatoms. The molecule has 4 aromatic rings. The van der Waals surface area contributed by atoms with Crippen molar-refractivity contribution in [3.05, 3.63) is 78.2 Å². The molecule has 0 spiro atoms. The molecule has 0 aliphatic rings. The SMILES string of the molecule is Cc1ccc(S(=O)(=O)Nc2ccncc2-c2ccc(C#N)c3ccccc23)nn1. The largest absolute Gasteiger partial charge is 0.281 e. The van der Waals surface area contributed by atoms with Crippen LogP contribution >= 0.6 is 0 Å². The highest BCUT2D eigenvalue weighted by atomic mass is 32.2. The Bertz CT molecular complexity index is 1360. The smallest absolute Gasteiger partial charge is 0.278 e. The Morgan fingerprint density at radius 2 is 1.72 bits per heavy atom. The Hall–Kier alpha value is -3.83. The van der Waals surface area contributed by atoms with Crippen molar-refractivity contribution >= 4 is 26.5 Å². The van der Waals surface area contributed by atoms with Crippen molar-refractivity contribution in [3.8, 4) is 17.2 Å². The van der Waals surface area contributed by atoms with Gasteiger partial charge in [-0.3, -0.25) is 9.71 Å². The first-order valence-corrected chi connectivity index (χ1v) is 10.2. The Labute approximate surface area is 167 Å². The molecule has 142 valence electrons. The second-order valence-electron chi connectivity index (χ2n) is 6.36. The van der Waals surface area contributed by atoms with E-state index in [-0.39, 0.29) is 5.03 Å². The van der Waals surface area contributed by atoms with Crippen molar-refractivity contribution in [2.75, 3.05) is 4.72 Å². The first kappa shape index (κ1) is 18.5. The topological polar surface area (TPSA) is 109 Å². The van der Waals surface area contributed by atoms with Gasteiger partial charge in [0.25, 0.3) is 10.0 Å². The number of fused-ring (bicyclic) bond motifs is 1. The van der Waals surface area contributed by atoms with Crippen LogP contribution in [0.3, 0.4) is 0 Å². The van der Waals surface area contributed by atoms with E-state index < -0.39 is 10.0 Å². The predicted molar refractivity (Wildman–Crippen MR) is 109 cm³/mol. The van der Waals surface area contributed by atoms with Crippen LogP contribution in [0.25, 0.3) is 21.9 Å². The summed E-state index contributed by atoms with van der Waals surface area (Å²) in [6.45, 7) is 1.73. The average molecular weight is 401 g/mol. The zero-order chi connectivity index (χ0) is 20.4. The van der Waals surface area contributed by atoms with E-state index in [1.54, 1.807) is 37.4 Å². The molecule has 7 nitrogen and oxygen atoms in total. The van der Waals surface area contributed by atoms with Gasteiger partial charge in [0.2, 0.25) is 0 Å². The fourth-order valence-electron chi connectivity index (χ4n) is 3.06. The Kier molecular flexibility index (Phi) is 4.66. The van der Waals surface area contributed by atoms with Crippen LogP contribution in [0.1, 0.15) is 11.3 Å². The highest BCUT2D eigenvalue weighted by molar-refractivity contribution is 7.92. The molecule has 0 aliphatic carbocycles. The quantitative estimate of drug-likeness (QED) is 0.559. The highest BCUT2D eigenvalue weighted by Crippen LogP contribution is 2.35. The van der Waals surface area contributed by atoms with Crippen LogP contribution in [0.5, 0.6) is 0 Å². The fraction of sp³-hybridized carbons (Fsp3) is 0.0476. The summed E-state index contributed by atoms with van der Waals surface area (Å²) in [6.07, 6.45) is 3.10. The standard InChI is InChI=1S/C21H15N5O2S/c1-14-6-9-21(25-24-14)29(27,28)26-20-10-11-23-13-19(20)18-8-7-15(12-22)16-4-2-3-5-17(16)18/h2-11,13H,1H3,(H,23,26). The van der Waals surface area contributed by atoms with E-state index in [1.165, 1.54) is 12.3 Å². The molecule has 4 rings (SSSR count). The number of aromatic nitrogens is 3. The lowest BCUT2D eigenvalue weighted by atomic mass is 9.95. The molecule has 0 amide bonds. The van der Waals surface area contributed by atoms with Gasteiger partial charge in [-0.25, -0.2) is 0 Å². The minimum absolute atomic E-state index is 0.171. The Balaban J connectivity index is 1.84. The molecule has 0 unspecified atom stereocenters. The molecule has 0 saturated heterocycles. The lowest BCUT2D eigenvalue weighted by Gasteiger charge is -2.14. The van der Waals surface area contributed by atoms with Crippen LogP contribution in [0.15, 0.2) is 72.0 Å². The third-order valence-corrected chi connectivity index (χ3v) is 5.71. The second kappa shape index (κ2) is 7.30. The summed E-state index contributed by atoms with van der Waals surface area (Å²) < 4.78 is 28.1. The number of nitrogens with one attached hydrogen (secondary N) is 1. The fourth-order valence-corrected chi connectivity index (χ4v) is 4.02. The number of hydrogen-bond acceptors (Lipinski definition) is 6. The number of hydrogen-bond donors (Lipinski definition) is 1. The summed E-state index contributed by atoms with van der Waals surface area (Å²) >= 11 is 0. The van der Waals surface area contributed by atoms with E-state index in [9.17, 15) is 13.7 Å². The third-order valence-electron chi connectivity index (χ3n) is 4.45. The van der Waals surface area contributed by atoms with Gasteiger partial charge >= 0.3 is 0 Å². The zero-order valence-corrected chi connectivity index (χ0v) is 16.2. The van der Waals surface area contributed by atoms with Crippen LogP contribution in [0.2, 0.25) is 0 Å². The van der Waals surface area contributed by atoms with Crippen LogP contribution in [0, 0.1) is 18.3 Å². The summed E-state index contributed by atoms with van der Waals surface area (Å²) in [7, 11) is -3.93. The van der Waals surface area contributed by atoms with Crippen molar-refractivity contribution in [2.24, 2.45) is 0 Å². The number of nitriles is 1. The molecular formula is C21H15N5O2S. The molecular weight excluding hydrogens is 386 g/mol. The number of pyridine rings is 1. The summed E-state index contributed by atoms with van der Waals surface area (Å²) in [5, 5.41) is 18.4. The molecule has 29 heavy (non-hydrogen) atoms. The lowest BCUT2D eigenvalue weighted by molar-refractivity contribution is 0.595. The average Bonchev–Trinajstić information content (AvgIpc) is 2.73. The second-order valence-corrected chi connectivity index (χ2v) is 7.99. The van der Waals surface area contributed by atoms with Crippen molar-refractivity contribution in [3.63, 3.8) is 0 Å². The molecule has 0 radical (unpaired) electrons. The van der Waals surface area contributed by atoms with Crippen LogP contribution < -0.4 is 4.72 Å². The maximum Gasteiger partial charge on any atom is 0.281 e. The molecule has 2 heterocycles. The third kappa shape index (κ3) is 3.51. The summed E-state index contributed by atoms with van der Waals surface area (Å²) in [4.78, 5) is 4.16. The number of aryl methyl sites for hydroxylation is 1. The highest BCUT2D eigenvalue weighted by Gasteiger charge is 2.19. The molecule has 0 bridgehead atoms. The number of nitrogens with zero attached hydrogens (tertiary/aromatic N) is 4. The summed E-state index contributed by atoms with van der Waals surface area (Å²) in [5.41, 5.74) is 2.89. The van der Waals surface area contributed by atoms with Gasteiger partial charge in [0.05, 0.1) is 23.0 Å². The van der Waals surface area contributed by atoms with E-state index in [4.69, 9.17) is 0 Å². The number of benzene rings is 2. The van der Waals surface area contributed by atoms with Gasteiger partial charge in [-0.1, -0.05) is 30.3 Å². The Morgan fingerprint density at radius 1 is 0.931 bits per heavy atom. The van der Waals surface area contributed by atoms with Gasteiger partial charge in [-0.15, -0.1) is 5.10 Å². The summed E-state index contributed by atoms with van der Waals surface area (Å²) in [6, 6.07) is 17.8. The maximum atomic E-state index is 12.8. The van der Waals surface area contributed by atoms with E-state index >= 15 is 0 Å². The molecule has 1 N–H and O–H groups in total. The summed E-state index contributed by atoms with van der Waals surface area (Å²) in [5.74, 6) is 0. The lowest BCUT2D eigenvalue weighted by Crippen LogP contribution is -2.16. The van der Waals surface area contributed by atoms with Crippen molar-refractivity contribution in [1.82, 2.24) is 15.2 Å². The van der Waals surface area contributed by atoms with Gasteiger partial charge in [0, 0.05) is 23.3 Å².